The van der Waals surface area contributed by atoms with E-state index in [1.807, 2.05) is 12.1 Å². The minimum absolute atomic E-state index is 0.112. The fourth-order valence-electron chi connectivity index (χ4n) is 10.7. The molecule has 4 aliphatic rings. The maximum Gasteiger partial charge on any atom is 0.459 e. The maximum absolute atomic E-state index is 14.3. The highest BCUT2D eigenvalue weighted by Gasteiger charge is 2.64. The summed E-state index contributed by atoms with van der Waals surface area (Å²) in [6.07, 6.45) is -4.89. The van der Waals surface area contributed by atoms with Gasteiger partial charge in [0.15, 0.2) is 36.1 Å². The highest BCUT2D eigenvalue weighted by molar-refractivity contribution is 7.52. The molecule has 4 fully saturated rings. The Morgan fingerprint density at radius 1 is 0.562 bits per heavy atom. The van der Waals surface area contributed by atoms with E-state index in [2.05, 4.69) is 30.3 Å². The van der Waals surface area contributed by atoms with Crippen LogP contribution in [0, 0.1) is 22.7 Å². The van der Waals surface area contributed by atoms with Gasteiger partial charge in [-0.3, -0.25) is 37.8 Å². The van der Waals surface area contributed by atoms with Gasteiger partial charge in [0.2, 0.25) is 11.2 Å². The summed E-state index contributed by atoms with van der Waals surface area (Å²) in [7, 11) is -9.09. The topological polar surface area (TPSA) is 450 Å². The van der Waals surface area contributed by atoms with Crippen LogP contribution in [0.3, 0.4) is 0 Å². The summed E-state index contributed by atoms with van der Waals surface area (Å²) in [6.45, 7) is 7.33. The van der Waals surface area contributed by atoms with Crippen molar-refractivity contribution in [3.8, 4) is 23.6 Å². The van der Waals surface area contributed by atoms with Gasteiger partial charge < -0.3 is 67.9 Å². The molecule has 34 nitrogen and oxygen atoms in total. The lowest BCUT2D eigenvalue weighted by Gasteiger charge is -2.30. The molecular formula is C60H70N12O22P2. The van der Waals surface area contributed by atoms with Crippen molar-refractivity contribution in [1.82, 2.24) is 39.4 Å². The SMILES string of the molecule is CC(=O)O[C@H]1[C@H](c2ccc3c(N)ncnn23)O[C@](C#N)(CO[P@@](=O)(N[C@@H](C)C(=O)OC2CCOCC2)Oc2ccccc2)[C@H]1OC(C)=O.CC(=O)O[C@H]1[C@H](c2ccc3c(N)ncnn23)O[C@](C#N)(CO[P@](=O)(N[C@@H](C)C(=O)OC2CCOCC2)Oc2ccccc2)[C@H]1OC(C)=O. The number of hydrogen-bond donors (Lipinski definition) is 4. The number of para-hydroxylation sites is 2. The summed E-state index contributed by atoms with van der Waals surface area (Å²) < 4.78 is 111. The lowest BCUT2D eigenvalue weighted by Crippen LogP contribution is -2.49. The number of nitrogens with one attached hydrogen (secondary N) is 2. The van der Waals surface area contributed by atoms with Gasteiger partial charge in [-0.05, 0) is 62.4 Å². The molecule has 12 atom stereocenters. The Morgan fingerprint density at radius 3 is 1.25 bits per heavy atom. The Hall–Kier alpha value is -9.18. The molecule has 10 rings (SSSR count). The predicted octanol–water partition coefficient (Wildman–Crippen LogP) is 4.83. The Bertz CT molecular complexity index is 3710. The van der Waals surface area contributed by atoms with Crippen LogP contribution in [-0.2, 0) is 94.3 Å². The average molecular weight is 1370 g/mol. The van der Waals surface area contributed by atoms with E-state index >= 15 is 0 Å². The summed E-state index contributed by atoms with van der Waals surface area (Å²) in [4.78, 5) is 83.2. The van der Waals surface area contributed by atoms with Gasteiger partial charge in [0.1, 0.15) is 97.0 Å². The third kappa shape index (κ3) is 17.1. The number of aromatic nitrogens is 6. The van der Waals surface area contributed by atoms with E-state index in [4.69, 9.17) is 76.9 Å². The van der Waals surface area contributed by atoms with Crippen molar-refractivity contribution in [3.05, 3.63) is 109 Å². The number of nitrogens with zero attached hydrogens (tertiary/aromatic N) is 8. The van der Waals surface area contributed by atoms with Crippen molar-refractivity contribution in [2.75, 3.05) is 51.1 Å². The van der Waals surface area contributed by atoms with E-state index in [1.165, 1.54) is 59.8 Å². The second-order valence-corrected chi connectivity index (χ2v) is 25.6. The van der Waals surface area contributed by atoms with Gasteiger partial charge in [0, 0.05) is 53.4 Å². The van der Waals surface area contributed by atoms with Crippen LogP contribution in [0.25, 0.3) is 11.0 Å². The zero-order valence-corrected chi connectivity index (χ0v) is 54.5. The van der Waals surface area contributed by atoms with Crippen LogP contribution in [0.5, 0.6) is 11.5 Å². The highest BCUT2D eigenvalue weighted by atomic mass is 31.2. The van der Waals surface area contributed by atoms with Crippen molar-refractivity contribution in [3.63, 3.8) is 0 Å². The van der Waals surface area contributed by atoms with Gasteiger partial charge in [-0.25, -0.2) is 28.1 Å². The van der Waals surface area contributed by atoms with Crippen molar-refractivity contribution < 1.29 is 103 Å². The van der Waals surface area contributed by atoms with E-state index < -0.39 is 124 Å². The first-order chi connectivity index (χ1) is 45.9. The molecule has 2 aromatic carbocycles. The number of esters is 6. The fraction of sp³-hybridized carbons (Fsp3) is 0.467. The standard InChI is InChI=1S/2C30H35N6O11P/c2*1-18(29(39)45-21-11-13-41-14-12-21)35-48(40,47-22-7-5-4-6-8-22)42-16-30(15-31)27(44-20(3)38)26(43-19(2)37)25(46-30)23-9-10-24-28(32)33-17-34-36(23)24/h2*4-10,17-18,21,25-27H,11-14,16H2,1-3H3,(H,35,40)(H2,32,33,34)/t18-,25-,26-,27-,30+,48+;18-,25-,26-,27-,30+,48-/m00/s1. The van der Waals surface area contributed by atoms with E-state index in [1.54, 1.807) is 60.7 Å². The zero-order chi connectivity index (χ0) is 69.0. The Labute approximate surface area is 548 Å². The molecule has 0 radical (unpaired) electrons. The first kappa shape index (κ1) is 71.1. The molecule has 8 heterocycles. The van der Waals surface area contributed by atoms with E-state index in [0.717, 1.165) is 27.7 Å². The van der Waals surface area contributed by atoms with Crippen LogP contribution in [0.1, 0.15) is 90.8 Å². The van der Waals surface area contributed by atoms with Crippen LogP contribution >= 0.6 is 15.5 Å². The molecule has 6 N–H and O–H groups in total. The van der Waals surface area contributed by atoms with Crippen molar-refractivity contribution >= 4 is 74.0 Å². The smallest absolute Gasteiger partial charge is 0.459 e. The third-order valence-electron chi connectivity index (χ3n) is 15.1. The molecule has 0 spiro atoms. The number of carbonyl (C=O) groups excluding carboxylic acids is 6. The van der Waals surface area contributed by atoms with E-state index in [-0.39, 0.29) is 46.7 Å². The molecular weight excluding hydrogens is 1300 g/mol. The number of fused-ring (bicyclic) bond motifs is 2. The summed E-state index contributed by atoms with van der Waals surface area (Å²) in [5.41, 5.74) is 8.84. The van der Waals surface area contributed by atoms with Gasteiger partial charge >= 0.3 is 51.3 Å². The van der Waals surface area contributed by atoms with Gasteiger partial charge in [-0.15, -0.1) is 0 Å². The number of nitriles is 2. The lowest BCUT2D eigenvalue weighted by atomic mass is 9.95. The molecule has 0 saturated carbocycles. The molecule has 0 aliphatic carbocycles. The van der Waals surface area contributed by atoms with Crippen LogP contribution < -0.4 is 30.7 Å². The molecule has 6 aromatic rings. The predicted molar refractivity (Wildman–Crippen MR) is 328 cm³/mol. The first-order valence-corrected chi connectivity index (χ1v) is 33.1. The van der Waals surface area contributed by atoms with Crippen LogP contribution in [0.15, 0.2) is 97.6 Å². The summed E-state index contributed by atoms with van der Waals surface area (Å²) in [5.74, 6) is -4.15. The van der Waals surface area contributed by atoms with E-state index in [0.29, 0.717) is 63.1 Å². The average Bonchev–Trinajstić information content (AvgIpc) is 1.60. The maximum atomic E-state index is 14.3. The first-order valence-electron chi connectivity index (χ1n) is 30.0. The van der Waals surface area contributed by atoms with Gasteiger partial charge in [-0.1, -0.05) is 36.4 Å². The number of anilines is 2. The highest BCUT2D eigenvalue weighted by Crippen LogP contribution is 2.52. The molecule has 0 unspecified atom stereocenters. The summed E-state index contributed by atoms with van der Waals surface area (Å²) in [6, 6.07) is 23.8. The second kappa shape index (κ2) is 31.1. The van der Waals surface area contributed by atoms with Gasteiger partial charge in [-0.2, -0.15) is 30.9 Å². The number of hydrogen-bond acceptors (Lipinski definition) is 30. The van der Waals surface area contributed by atoms with Crippen molar-refractivity contribution in [2.45, 2.75) is 139 Å². The van der Waals surface area contributed by atoms with Crippen LogP contribution in [-0.4, -0.2) is 165 Å². The van der Waals surface area contributed by atoms with Crippen LogP contribution in [0.2, 0.25) is 0 Å². The van der Waals surface area contributed by atoms with Crippen molar-refractivity contribution in [2.24, 2.45) is 0 Å². The largest absolute Gasteiger partial charge is 0.461 e. The molecule has 4 aliphatic heterocycles. The molecule has 36 heteroatoms. The Morgan fingerprint density at radius 2 is 0.917 bits per heavy atom. The fourth-order valence-corrected chi connectivity index (χ4v) is 13.7. The number of rotatable bonds is 24. The Kier molecular flexibility index (Phi) is 23.1. The van der Waals surface area contributed by atoms with E-state index in [9.17, 15) is 48.4 Å². The Balaban J connectivity index is 0.000000225. The third-order valence-corrected chi connectivity index (χ3v) is 18.4. The normalized spacial score (nSPS) is 24.6. The van der Waals surface area contributed by atoms with Gasteiger partial charge in [0.25, 0.3) is 0 Å². The number of nitrogen functional groups attached to an aromatic ring is 2. The second-order valence-electron chi connectivity index (χ2n) is 22.2. The van der Waals surface area contributed by atoms with Gasteiger partial charge in [0.05, 0.1) is 37.8 Å². The molecule has 4 saturated heterocycles. The lowest BCUT2D eigenvalue weighted by molar-refractivity contribution is -0.166. The minimum Gasteiger partial charge on any atom is -0.461 e. The molecule has 512 valence electrons. The van der Waals surface area contributed by atoms with Crippen LogP contribution in [0.4, 0.5) is 11.6 Å². The number of benzene rings is 2. The summed E-state index contributed by atoms with van der Waals surface area (Å²) >= 11 is 0. The molecule has 0 bridgehead atoms. The number of carbonyl (C=O) groups is 6. The number of nitrogens with two attached hydrogens (primary N) is 2. The minimum atomic E-state index is -4.54. The molecule has 0 amide bonds. The van der Waals surface area contributed by atoms with Crippen molar-refractivity contribution in [1.29, 1.82) is 10.5 Å². The zero-order valence-electron chi connectivity index (χ0n) is 52.7. The molecule has 96 heavy (non-hydrogen) atoms. The molecule has 4 aromatic heterocycles. The monoisotopic (exact) mass is 1370 g/mol. The summed E-state index contributed by atoms with van der Waals surface area (Å²) in [5, 5.41) is 34.7. The quantitative estimate of drug-likeness (QED) is 0.0358. The number of ether oxygens (including phenoxy) is 10.